The van der Waals surface area contributed by atoms with Crippen LogP contribution >= 0.6 is 23.1 Å². The van der Waals surface area contributed by atoms with Crippen molar-refractivity contribution in [2.45, 2.75) is 32.0 Å². The van der Waals surface area contributed by atoms with Crippen molar-refractivity contribution in [1.82, 2.24) is 10.2 Å². The molecule has 0 bridgehead atoms. The minimum absolute atomic E-state index is 0.135. The predicted molar refractivity (Wildman–Crippen MR) is 89.3 cm³/mol. The van der Waals surface area contributed by atoms with Gasteiger partial charge in [0, 0.05) is 11.3 Å². The standard InChI is InChI=1S/C15H19N3OS2/c1-9(2)8-20-15-18-17-14(21-15)16-13(19)12-6-5-10(3)7-11(12)4/h5-7,9H,8H2,1-4H3,(H,16,17,19). The van der Waals surface area contributed by atoms with Gasteiger partial charge >= 0.3 is 0 Å². The van der Waals surface area contributed by atoms with Gasteiger partial charge in [0.05, 0.1) is 0 Å². The van der Waals surface area contributed by atoms with E-state index in [-0.39, 0.29) is 5.91 Å². The molecule has 0 aliphatic carbocycles. The van der Waals surface area contributed by atoms with Crippen molar-refractivity contribution >= 4 is 34.1 Å². The summed E-state index contributed by atoms with van der Waals surface area (Å²) in [5, 5.41) is 11.5. The molecule has 0 saturated carbocycles. The maximum Gasteiger partial charge on any atom is 0.257 e. The zero-order valence-corrected chi connectivity index (χ0v) is 14.3. The molecule has 0 atom stereocenters. The maximum absolute atomic E-state index is 12.2. The van der Waals surface area contributed by atoms with Crippen LogP contribution in [0.25, 0.3) is 0 Å². The molecule has 0 spiro atoms. The molecule has 0 fully saturated rings. The molecule has 0 aliphatic rings. The van der Waals surface area contributed by atoms with Crippen molar-refractivity contribution < 1.29 is 4.79 Å². The first kappa shape index (κ1) is 16.0. The smallest absolute Gasteiger partial charge is 0.257 e. The summed E-state index contributed by atoms with van der Waals surface area (Å²) >= 11 is 3.09. The van der Waals surface area contributed by atoms with Gasteiger partial charge in [-0.15, -0.1) is 10.2 Å². The van der Waals surface area contributed by atoms with Gasteiger partial charge in [-0.2, -0.15) is 0 Å². The van der Waals surface area contributed by atoms with E-state index < -0.39 is 0 Å². The number of anilines is 1. The summed E-state index contributed by atoms with van der Waals surface area (Å²) in [5.74, 6) is 1.47. The molecule has 6 heteroatoms. The molecule has 4 nitrogen and oxygen atoms in total. The van der Waals surface area contributed by atoms with E-state index in [0.29, 0.717) is 16.6 Å². The number of rotatable bonds is 5. The number of hydrogen-bond acceptors (Lipinski definition) is 5. The molecule has 2 rings (SSSR count). The van der Waals surface area contributed by atoms with Gasteiger partial charge in [0.25, 0.3) is 5.91 Å². The molecule has 0 saturated heterocycles. The average molecular weight is 321 g/mol. The Morgan fingerprint density at radius 2 is 2.10 bits per heavy atom. The second-order valence-electron chi connectivity index (χ2n) is 5.35. The fraction of sp³-hybridized carbons (Fsp3) is 0.400. The highest BCUT2D eigenvalue weighted by molar-refractivity contribution is 8.01. The normalized spacial score (nSPS) is 10.9. The Labute approximate surface area is 133 Å². The van der Waals surface area contributed by atoms with Crippen molar-refractivity contribution in [3.63, 3.8) is 0 Å². The summed E-state index contributed by atoms with van der Waals surface area (Å²) in [7, 11) is 0. The van der Waals surface area contributed by atoms with E-state index in [1.165, 1.54) is 11.3 Å². The van der Waals surface area contributed by atoms with Gasteiger partial charge in [0.15, 0.2) is 4.34 Å². The zero-order chi connectivity index (χ0) is 15.4. The van der Waals surface area contributed by atoms with Gasteiger partial charge in [-0.05, 0) is 31.4 Å². The average Bonchev–Trinajstić information content (AvgIpc) is 2.83. The molecule has 112 valence electrons. The van der Waals surface area contributed by atoms with Gasteiger partial charge in [-0.3, -0.25) is 10.1 Å². The summed E-state index contributed by atoms with van der Waals surface area (Å²) in [6, 6.07) is 5.78. The number of nitrogens with zero attached hydrogens (tertiary/aromatic N) is 2. The number of thioether (sulfide) groups is 1. The van der Waals surface area contributed by atoms with Gasteiger partial charge in [-0.1, -0.05) is 54.6 Å². The van der Waals surface area contributed by atoms with Crippen LogP contribution in [-0.2, 0) is 0 Å². The first-order valence-electron chi connectivity index (χ1n) is 6.80. The lowest BCUT2D eigenvalue weighted by Crippen LogP contribution is -2.13. The highest BCUT2D eigenvalue weighted by atomic mass is 32.2. The molecule has 1 N–H and O–H groups in total. The SMILES string of the molecule is Cc1ccc(C(=O)Nc2nnc(SCC(C)C)s2)c(C)c1. The third-order valence-electron chi connectivity index (χ3n) is 2.79. The Bertz CT molecular complexity index is 638. The van der Waals surface area contributed by atoms with Crippen LogP contribution in [0, 0.1) is 19.8 Å². The Kier molecular flexibility index (Phi) is 5.36. The van der Waals surface area contributed by atoms with Gasteiger partial charge in [0.1, 0.15) is 0 Å². The molecule has 0 unspecified atom stereocenters. The van der Waals surface area contributed by atoms with Gasteiger partial charge in [0.2, 0.25) is 5.13 Å². The molecule has 1 aromatic carbocycles. The fourth-order valence-electron chi connectivity index (χ4n) is 1.79. The van der Waals surface area contributed by atoms with E-state index in [2.05, 4.69) is 29.4 Å². The largest absolute Gasteiger partial charge is 0.296 e. The molecule has 0 aliphatic heterocycles. The van der Waals surface area contributed by atoms with E-state index in [9.17, 15) is 4.79 Å². The quantitative estimate of drug-likeness (QED) is 0.664. The first-order chi connectivity index (χ1) is 9.95. The summed E-state index contributed by atoms with van der Waals surface area (Å²) in [6.45, 7) is 8.28. The van der Waals surface area contributed by atoms with Crippen LogP contribution in [0.2, 0.25) is 0 Å². The van der Waals surface area contributed by atoms with E-state index in [1.54, 1.807) is 11.8 Å². The highest BCUT2D eigenvalue weighted by Gasteiger charge is 2.12. The second-order valence-corrected chi connectivity index (χ2v) is 7.60. The number of aryl methyl sites for hydroxylation is 2. The lowest BCUT2D eigenvalue weighted by atomic mass is 10.1. The number of benzene rings is 1. The predicted octanol–water partition coefficient (Wildman–Crippen LogP) is 4.16. The van der Waals surface area contributed by atoms with Crippen molar-refractivity contribution in [2.75, 3.05) is 11.1 Å². The number of hydrogen-bond donors (Lipinski definition) is 1. The van der Waals surface area contributed by atoms with Crippen LogP contribution in [0.4, 0.5) is 5.13 Å². The Balaban J connectivity index is 2.02. The minimum atomic E-state index is -0.135. The lowest BCUT2D eigenvalue weighted by molar-refractivity contribution is 0.102. The highest BCUT2D eigenvalue weighted by Crippen LogP contribution is 2.27. The number of carbonyl (C=O) groups excluding carboxylic acids is 1. The molecular weight excluding hydrogens is 302 g/mol. The third kappa shape index (κ3) is 4.54. The molecular formula is C15H19N3OS2. The van der Waals surface area contributed by atoms with E-state index in [4.69, 9.17) is 0 Å². The van der Waals surface area contributed by atoms with Crippen molar-refractivity contribution in [3.05, 3.63) is 34.9 Å². The maximum atomic E-state index is 12.2. The molecule has 1 heterocycles. The second kappa shape index (κ2) is 7.04. The van der Waals surface area contributed by atoms with E-state index >= 15 is 0 Å². The topological polar surface area (TPSA) is 54.9 Å². The number of aromatic nitrogens is 2. The Morgan fingerprint density at radius 1 is 1.33 bits per heavy atom. The molecule has 2 aromatic rings. The van der Waals surface area contributed by atoms with Gasteiger partial charge in [-0.25, -0.2) is 0 Å². The third-order valence-corrected chi connectivity index (χ3v) is 5.19. The molecule has 21 heavy (non-hydrogen) atoms. The minimum Gasteiger partial charge on any atom is -0.296 e. The Hall–Kier alpha value is -1.40. The molecule has 1 aromatic heterocycles. The monoisotopic (exact) mass is 321 g/mol. The van der Waals surface area contributed by atoms with Crippen LogP contribution < -0.4 is 5.32 Å². The van der Waals surface area contributed by atoms with Gasteiger partial charge < -0.3 is 0 Å². The fourth-order valence-corrected chi connectivity index (χ4v) is 3.51. The van der Waals surface area contributed by atoms with Crippen molar-refractivity contribution in [3.8, 4) is 0 Å². The summed E-state index contributed by atoms with van der Waals surface area (Å²) < 4.78 is 0.889. The van der Waals surface area contributed by atoms with Crippen molar-refractivity contribution in [1.29, 1.82) is 0 Å². The lowest BCUT2D eigenvalue weighted by Gasteiger charge is -2.05. The van der Waals surface area contributed by atoms with Crippen LogP contribution in [0.5, 0.6) is 0 Å². The Morgan fingerprint density at radius 3 is 2.76 bits per heavy atom. The van der Waals surface area contributed by atoms with Crippen LogP contribution in [0.15, 0.2) is 22.5 Å². The molecule has 1 amide bonds. The van der Waals surface area contributed by atoms with E-state index in [1.807, 2.05) is 32.0 Å². The zero-order valence-electron chi connectivity index (χ0n) is 12.6. The summed E-state index contributed by atoms with van der Waals surface area (Å²) in [4.78, 5) is 12.2. The first-order valence-corrected chi connectivity index (χ1v) is 8.61. The van der Waals surface area contributed by atoms with E-state index in [0.717, 1.165) is 21.2 Å². The number of carbonyl (C=O) groups is 1. The summed E-state index contributed by atoms with van der Waals surface area (Å²) in [5.41, 5.74) is 2.78. The number of amides is 1. The van der Waals surface area contributed by atoms with Crippen molar-refractivity contribution in [2.24, 2.45) is 5.92 Å². The summed E-state index contributed by atoms with van der Waals surface area (Å²) in [6.07, 6.45) is 0. The van der Waals surface area contributed by atoms with Crippen LogP contribution in [-0.4, -0.2) is 21.9 Å². The number of nitrogens with one attached hydrogen (secondary N) is 1. The van der Waals surface area contributed by atoms with Crippen LogP contribution in [0.3, 0.4) is 0 Å². The molecule has 0 radical (unpaired) electrons. The van der Waals surface area contributed by atoms with Crippen LogP contribution in [0.1, 0.15) is 35.3 Å².